The van der Waals surface area contributed by atoms with Gasteiger partial charge in [0.1, 0.15) is 4.32 Å². The van der Waals surface area contributed by atoms with E-state index in [1.165, 1.54) is 17.8 Å². The Hall–Kier alpha value is -1.73. The number of amides is 1. The molecule has 1 aliphatic rings. The van der Waals surface area contributed by atoms with E-state index in [0.717, 1.165) is 6.42 Å². The lowest BCUT2D eigenvalue weighted by Gasteiger charge is -2.21. The Balaban J connectivity index is 2.38. The summed E-state index contributed by atoms with van der Waals surface area (Å²) < 4.78 is 0.499. The van der Waals surface area contributed by atoms with E-state index in [0.29, 0.717) is 14.8 Å². The first kappa shape index (κ1) is 15.7. The maximum absolute atomic E-state index is 12.4. The molecule has 1 heterocycles. The van der Waals surface area contributed by atoms with Crippen LogP contribution < -0.4 is 0 Å². The third-order valence-corrected chi connectivity index (χ3v) is 4.61. The molecule has 1 saturated heterocycles. The van der Waals surface area contributed by atoms with Crippen LogP contribution in [0.2, 0.25) is 0 Å². The quantitative estimate of drug-likeness (QED) is 0.367. The Morgan fingerprint density at radius 2 is 2.14 bits per heavy atom. The van der Waals surface area contributed by atoms with Crippen molar-refractivity contribution < 1.29 is 9.72 Å². The molecule has 2 rings (SSSR count). The molecule has 5 nitrogen and oxygen atoms in total. The van der Waals surface area contributed by atoms with Gasteiger partial charge in [-0.1, -0.05) is 43.0 Å². The molecule has 0 bridgehead atoms. The van der Waals surface area contributed by atoms with E-state index in [4.69, 9.17) is 12.2 Å². The van der Waals surface area contributed by atoms with Crippen LogP contribution in [-0.2, 0) is 4.79 Å². The standard InChI is InChI=1S/C14H14N2O3S2/c1-3-9(2)15-13(17)12(21-14(15)20)8-10-6-4-5-7-11(10)16(18)19/h4-9H,3H2,1-2H3/b12-8-. The van der Waals surface area contributed by atoms with Gasteiger partial charge in [0, 0.05) is 12.1 Å². The van der Waals surface area contributed by atoms with E-state index in [-0.39, 0.29) is 17.6 Å². The minimum absolute atomic E-state index is 0.0219. The van der Waals surface area contributed by atoms with Gasteiger partial charge >= 0.3 is 0 Å². The fraction of sp³-hybridized carbons (Fsp3) is 0.286. The van der Waals surface area contributed by atoms with Crippen molar-refractivity contribution in [1.82, 2.24) is 4.90 Å². The molecule has 1 aliphatic heterocycles. The van der Waals surface area contributed by atoms with Crippen LogP contribution in [0.4, 0.5) is 5.69 Å². The number of para-hydroxylation sites is 1. The third kappa shape index (κ3) is 3.14. The van der Waals surface area contributed by atoms with Crippen molar-refractivity contribution >= 4 is 46.0 Å². The molecule has 1 atom stereocenters. The number of thiocarbonyl (C=S) groups is 1. The second-order valence-corrected chi connectivity index (χ2v) is 6.30. The number of benzene rings is 1. The molecule has 0 spiro atoms. The van der Waals surface area contributed by atoms with Gasteiger partial charge in [-0.05, 0) is 25.5 Å². The molecule has 0 N–H and O–H groups in total. The van der Waals surface area contributed by atoms with Crippen molar-refractivity contribution in [3.63, 3.8) is 0 Å². The van der Waals surface area contributed by atoms with Gasteiger partial charge in [0.25, 0.3) is 11.6 Å². The van der Waals surface area contributed by atoms with E-state index in [2.05, 4.69) is 0 Å². The van der Waals surface area contributed by atoms with Crippen LogP contribution in [0.25, 0.3) is 6.08 Å². The predicted molar refractivity (Wildman–Crippen MR) is 87.9 cm³/mol. The van der Waals surface area contributed by atoms with Gasteiger partial charge < -0.3 is 0 Å². The fourth-order valence-corrected chi connectivity index (χ4v) is 3.41. The molecule has 1 unspecified atom stereocenters. The number of hydrogen-bond donors (Lipinski definition) is 0. The number of thioether (sulfide) groups is 1. The zero-order valence-corrected chi connectivity index (χ0v) is 13.2. The highest BCUT2D eigenvalue weighted by molar-refractivity contribution is 8.26. The first-order valence-corrected chi connectivity index (χ1v) is 7.68. The van der Waals surface area contributed by atoms with Gasteiger partial charge in [-0.3, -0.25) is 19.8 Å². The maximum atomic E-state index is 12.4. The van der Waals surface area contributed by atoms with E-state index in [9.17, 15) is 14.9 Å². The number of hydrogen-bond acceptors (Lipinski definition) is 5. The minimum Gasteiger partial charge on any atom is -0.290 e. The van der Waals surface area contributed by atoms with Crippen LogP contribution in [-0.4, -0.2) is 26.1 Å². The number of carbonyl (C=O) groups excluding carboxylic acids is 1. The molecular formula is C14H14N2O3S2. The number of nitrogens with zero attached hydrogens (tertiary/aromatic N) is 2. The number of nitro benzene ring substituents is 1. The highest BCUT2D eigenvalue weighted by Crippen LogP contribution is 2.35. The highest BCUT2D eigenvalue weighted by Gasteiger charge is 2.35. The van der Waals surface area contributed by atoms with E-state index < -0.39 is 4.92 Å². The summed E-state index contributed by atoms with van der Waals surface area (Å²) in [5, 5.41) is 11.0. The number of carbonyl (C=O) groups is 1. The summed E-state index contributed by atoms with van der Waals surface area (Å²) in [6.07, 6.45) is 2.34. The Morgan fingerprint density at radius 3 is 2.76 bits per heavy atom. The van der Waals surface area contributed by atoms with E-state index in [1.54, 1.807) is 29.2 Å². The second kappa shape index (κ2) is 6.36. The lowest BCUT2D eigenvalue weighted by Crippen LogP contribution is -2.36. The van der Waals surface area contributed by atoms with Crippen molar-refractivity contribution in [3.05, 3.63) is 44.8 Å². The molecule has 1 amide bonds. The summed E-state index contributed by atoms with van der Waals surface area (Å²) in [5.41, 5.74) is 0.387. The van der Waals surface area contributed by atoms with E-state index >= 15 is 0 Å². The van der Waals surface area contributed by atoms with Gasteiger partial charge in [0.05, 0.1) is 15.4 Å². The van der Waals surface area contributed by atoms with Gasteiger partial charge in [0.2, 0.25) is 0 Å². The summed E-state index contributed by atoms with van der Waals surface area (Å²) in [5.74, 6) is -0.183. The van der Waals surface area contributed by atoms with Crippen molar-refractivity contribution in [2.24, 2.45) is 0 Å². The van der Waals surface area contributed by atoms with Crippen molar-refractivity contribution in [2.75, 3.05) is 0 Å². The molecule has 110 valence electrons. The molecule has 21 heavy (non-hydrogen) atoms. The van der Waals surface area contributed by atoms with Crippen LogP contribution >= 0.6 is 24.0 Å². The summed E-state index contributed by atoms with van der Waals surface area (Å²) >= 11 is 6.42. The zero-order valence-electron chi connectivity index (χ0n) is 11.6. The maximum Gasteiger partial charge on any atom is 0.276 e. The summed E-state index contributed by atoms with van der Waals surface area (Å²) in [7, 11) is 0. The molecule has 1 fully saturated rings. The van der Waals surface area contributed by atoms with Crippen LogP contribution in [0.3, 0.4) is 0 Å². The van der Waals surface area contributed by atoms with Gasteiger partial charge in [-0.2, -0.15) is 0 Å². The SMILES string of the molecule is CCC(C)N1C(=O)/C(=C/c2ccccc2[N+](=O)[O-])SC1=S. The summed E-state index contributed by atoms with van der Waals surface area (Å²) in [6.45, 7) is 3.91. The van der Waals surface area contributed by atoms with Crippen molar-refractivity contribution in [2.45, 2.75) is 26.3 Å². The monoisotopic (exact) mass is 322 g/mol. The topological polar surface area (TPSA) is 63.5 Å². The van der Waals surface area contributed by atoms with Crippen molar-refractivity contribution in [1.29, 1.82) is 0 Å². The first-order valence-electron chi connectivity index (χ1n) is 6.46. The summed E-state index contributed by atoms with van der Waals surface area (Å²) in [6, 6.07) is 6.36. The number of nitro groups is 1. The average Bonchev–Trinajstić information content (AvgIpc) is 2.73. The number of rotatable bonds is 4. The van der Waals surface area contributed by atoms with Gasteiger partial charge in [-0.15, -0.1) is 0 Å². The largest absolute Gasteiger partial charge is 0.290 e. The second-order valence-electron chi connectivity index (χ2n) is 4.62. The molecule has 1 aromatic rings. The van der Waals surface area contributed by atoms with Crippen LogP contribution in [0, 0.1) is 10.1 Å². The first-order chi connectivity index (χ1) is 9.95. The molecular weight excluding hydrogens is 308 g/mol. The van der Waals surface area contributed by atoms with Gasteiger partial charge in [-0.25, -0.2) is 0 Å². The minimum atomic E-state index is -0.457. The zero-order chi connectivity index (χ0) is 15.6. The Kier molecular flexibility index (Phi) is 4.74. The highest BCUT2D eigenvalue weighted by atomic mass is 32.2. The average molecular weight is 322 g/mol. The lowest BCUT2D eigenvalue weighted by molar-refractivity contribution is -0.385. The van der Waals surface area contributed by atoms with Gasteiger partial charge in [0.15, 0.2) is 0 Å². The van der Waals surface area contributed by atoms with E-state index in [1.807, 2.05) is 13.8 Å². The molecule has 0 aromatic heterocycles. The summed E-state index contributed by atoms with van der Waals surface area (Å²) in [4.78, 5) is 24.9. The van der Waals surface area contributed by atoms with Crippen molar-refractivity contribution in [3.8, 4) is 0 Å². The molecule has 0 saturated carbocycles. The Morgan fingerprint density at radius 1 is 1.48 bits per heavy atom. The lowest BCUT2D eigenvalue weighted by atomic mass is 10.1. The Bertz CT molecular complexity index is 643. The van der Waals surface area contributed by atoms with Crippen LogP contribution in [0.1, 0.15) is 25.8 Å². The predicted octanol–water partition coefficient (Wildman–Crippen LogP) is 3.59. The smallest absolute Gasteiger partial charge is 0.276 e. The normalized spacial score (nSPS) is 18.4. The third-order valence-electron chi connectivity index (χ3n) is 3.28. The fourth-order valence-electron chi connectivity index (χ4n) is 1.96. The van der Waals surface area contributed by atoms with Crippen LogP contribution in [0.5, 0.6) is 0 Å². The molecule has 7 heteroatoms. The Labute approximate surface area is 132 Å². The molecule has 0 aliphatic carbocycles. The molecule has 0 radical (unpaired) electrons. The molecule has 1 aromatic carbocycles. The van der Waals surface area contributed by atoms with Crippen LogP contribution in [0.15, 0.2) is 29.2 Å².